The predicted molar refractivity (Wildman–Crippen MR) is 78.5 cm³/mol. The fraction of sp³-hybridized carbons (Fsp3) is 0.562. The third-order valence-electron chi connectivity index (χ3n) is 3.83. The molecule has 20 heavy (non-hydrogen) atoms. The number of nitrogens with zero attached hydrogens (tertiary/aromatic N) is 1. The standard InChI is InChI=1S/C16H23NO3/c1-12-4-3-7-17(11-12)8-9-20-15-6-5-14(16(18)19)10-13(15)2/h5-6,10,12H,3-4,7-9,11H2,1-2H3,(H,18,19). The highest BCUT2D eigenvalue weighted by atomic mass is 16.5. The molecule has 1 atom stereocenters. The van der Waals surface area contributed by atoms with Crippen LogP contribution in [0.15, 0.2) is 18.2 Å². The first kappa shape index (κ1) is 14.9. The molecule has 1 aromatic rings. The van der Waals surface area contributed by atoms with Crippen molar-refractivity contribution >= 4 is 5.97 Å². The molecule has 1 saturated heterocycles. The highest BCUT2D eigenvalue weighted by Crippen LogP contribution is 2.20. The Bertz CT molecular complexity index is 473. The number of piperidine rings is 1. The number of hydrogen-bond donors (Lipinski definition) is 1. The molecule has 4 nitrogen and oxygen atoms in total. The summed E-state index contributed by atoms with van der Waals surface area (Å²) in [6, 6.07) is 4.99. The van der Waals surface area contributed by atoms with Gasteiger partial charge in [0, 0.05) is 13.1 Å². The normalized spacial score (nSPS) is 19.8. The predicted octanol–water partition coefficient (Wildman–Crippen LogP) is 2.80. The van der Waals surface area contributed by atoms with Gasteiger partial charge in [0.25, 0.3) is 0 Å². The van der Waals surface area contributed by atoms with Crippen LogP contribution in [0, 0.1) is 12.8 Å². The third kappa shape index (κ3) is 3.97. The van der Waals surface area contributed by atoms with E-state index in [9.17, 15) is 4.79 Å². The Balaban J connectivity index is 1.83. The molecule has 2 rings (SSSR count). The fourth-order valence-electron chi connectivity index (χ4n) is 2.72. The number of benzene rings is 1. The van der Waals surface area contributed by atoms with E-state index in [2.05, 4.69) is 11.8 Å². The summed E-state index contributed by atoms with van der Waals surface area (Å²) >= 11 is 0. The van der Waals surface area contributed by atoms with Crippen LogP contribution >= 0.6 is 0 Å². The molecule has 0 radical (unpaired) electrons. The molecule has 0 aliphatic carbocycles. The van der Waals surface area contributed by atoms with Gasteiger partial charge in [0.1, 0.15) is 12.4 Å². The molecule has 0 amide bonds. The minimum absolute atomic E-state index is 0.305. The molecule has 1 fully saturated rings. The van der Waals surface area contributed by atoms with E-state index in [1.54, 1.807) is 18.2 Å². The van der Waals surface area contributed by atoms with Crippen LogP contribution in [0.2, 0.25) is 0 Å². The SMILES string of the molecule is Cc1cc(C(=O)O)ccc1OCCN1CCCC(C)C1. The largest absolute Gasteiger partial charge is 0.492 e. The second kappa shape index (κ2) is 6.75. The van der Waals surface area contributed by atoms with Crippen LogP contribution < -0.4 is 4.74 Å². The van der Waals surface area contributed by atoms with Gasteiger partial charge in [-0.1, -0.05) is 6.92 Å². The van der Waals surface area contributed by atoms with Crippen molar-refractivity contribution in [3.63, 3.8) is 0 Å². The molecule has 0 spiro atoms. The molecule has 0 bridgehead atoms. The van der Waals surface area contributed by atoms with E-state index < -0.39 is 5.97 Å². The maximum atomic E-state index is 10.9. The van der Waals surface area contributed by atoms with Gasteiger partial charge in [-0.25, -0.2) is 4.79 Å². The summed E-state index contributed by atoms with van der Waals surface area (Å²) in [6.45, 7) is 8.07. The molecular weight excluding hydrogens is 254 g/mol. The highest BCUT2D eigenvalue weighted by molar-refractivity contribution is 5.88. The van der Waals surface area contributed by atoms with E-state index >= 15 is 0 Å². The molecule has 1 aliphatic heterocycles. The molecule has 1 aromatic carbocycles. The molecule has 1 unspecified atom stereocenters. The quantitative estimate of drug-likeness (QED) is 0.899. The number of aryl methyl sites for hydroxylation is 1. The summed E-state index contributed by atoms with van der Waals surface area (Å²) in [6.07, 6.45) is 2.60. The number of carboxylic acids is 1. The van der Waals surface area contributed by atoms with E-state index in [1.807, 2.05) is 6.92 Å². The number of carbonyl (C=O) groups is 1. The van der Waals surface area contributed by atoms with Gasteiger partial charge in [-0.05, 0) is 56.0 Å². The molecule has 110 valence electrons. The lowest BCUT2D eigenvalue weighted by Gasteiger charge is -2.30. The van der Waals surface area contributed by atoms with E-state index in [0.29, 0.717) is 12.2 Å². The zero-order chi connectivity index (χ0) is 14.5. The molecule has 1 heterocycles. The van der Waals surface area contributed by atoms with Crippen LogP contribution in [0.3, 0.4) is 0 Å². The number of hydrogen-bond acceptors (Lipinski definition) is 3. The van der Waals surface area contributed by atoms with E-state index in [-0.39, 0.29) is 0 Å². The first-order chi connectivity index (χ1) is 9.56. The fourth-order valence-corrected chi connectivity index (χ4v) is 2.72. The number of rotatable bonds is 5. The monoisotopic (exact) mass is 277 g/mol. The van der Waals surface area contributed by atoms with Gasteiger partial charge in [0.05, 0.1) is 5.56 Å². The Hall–Kier alpha value is -1.55. The topological polar surface area (TPSA) is 49.8 Å². The number of ether oxygens (including phenoxy) is 1. The summed E-state index contributed by atoms with van der Waals surface area (Å²) in [5.74, 6) is 0.655. The Morgan fingerprint density at radius 3 is 2.95 bits per heavy atom. The van der Waals surface area contributed by atoms with Crippen LogP contribution in [-0.2, 0) is 0 Å². The number of aromatic carboxylic acids is 1. The molecule has 0 saturated carbocycles. The van der Waals surface area contributed by atoms with Crippen molar-refractivity contribution in [2.45, 2.75) is 26.7 Å². The summed E-state index contributed by atoms with van der Waals surface area (Å²) in [7, 11) is 0. The smallest absolute Gasteiger partial charge is 0.335 e. The van der Waals surface area contributed by atoms with Gasteiger partial charge in [0.2, 0.25) is 0 Å². The molecule has 1 N–H and O–H groups in total. The summed E-state index contributed by atoms with van der Waals surface area (Å²) in [5, 5.41) is 8.92. The van der Waals surface area contributed by atoms with Gasteiger partial charge >= 0.3 is 5.97 Å². The van der Waals surface area contributed by atoms with Crippen molar-refractivity contribution in [3.8, 4) is 5.75 Å². The average Bonchev–Trinajstić information content (AvgIpc) is 2.40. The van der Waals surface area contributed by atoms with E-state index in [1.165, 1.54) is 12.8 Å². The maximum Gasteiger partial charge on any atom is 0.335 e. The Morgan fingerprint density at radius 1 is 1.50 bits per heavy atom. The molecule has 1 aliphatic rings. The van der Waals surface area contributed by atoms with Gasteiger partial charge in [-0.2, -0.15) is 0 Å². The lowest BCUT2D eigenvalue weighted by molar-refractivity contribution is 0.0696. The van der Waals surface area contributed by atoms with Gasteiger partial charge < -0.3 is 9.84 Å². The van der Waals surface area contributed by atoms with E-state index in [4.69, 9.17) is 9.84 Å². The summed E-state index contributed by atoms with van der Waals surface area (Å²) < 4.78 is 5.77. The van der Waals surface area contributed by atoms with Crippen molar-refractivity contribution in [1.29, 1.82) is 0 Å². The van der Waals surface area contributed by atoms with Crippen molar-refractivity contribution in [3.05, 3.63) is 29.3 Å². The number of carboxylic acid groups (broad SMARTS) is 1. The maximum absolute atomic E-state index is 10.9. The molecule has 0 aromatic heterocycles. The van der Waals surface area contributed by atoms with Crippen LogP contribution in [0.25, 0.3) is 0 Å². The van der Waals surface area contributed by atoms with Crippen LogP contribution in [0.4, 0.5) is 0 Å². The minimum atomic E-state index is -0.901. The van der Waals surface area contributed by atoms with Gasteiger partial charge in [0.15, 0.2) is 0 Å². The Morgan fingerprint density at radius 2 is 2.30 bits per heavy atom. The van der Waals surface area contributed by atoms with Crippen LogP contribution in [0.1, 0.15) is 35.7 Å². The van der Waals surface area contributed by atoms with Crippen molar-refractivity contribution in [1.82, 2.24) is 4.90 Å². The first-order valence-corrected chi connectivity index (χ1v) is 7.25. The second-order valence-electron chi connectivity index (χ2n) is 5.68. The van der Waals surface area contributed by atoms with Crippen LogP contribution in [0.5, 0.6) is 5.75 Å². The lowest BCUT2D eigenvalue weighted by Crippen LogP contribution is -2.37. The van der Waals surface area contributed by atoms with Gasteiger partial charge in [-0.15, -0.1) is 0 Å². The van der Waals surface area contributed by atoms with Crippen LogP contribution in [-0.4, -0.2) is 42.2 Å². The molecule has 4 heteroatoms. The third-order valence-corrected chi connectivity index (χ3v) is 3.83. The zero-order valence-corrected chi connectivity index (χ0v) is 12.3. The highest BCUT2D eigenvalue weighted by Gasteiger charge is 2.15. The lowest BCUT2D eigenvalue weighted by atomic mass is 10.0. The average molecular weight is 277 g/mol. The zero-order valence-electron chi connectivity index (χ0n) is 12.3. The summed E-state index contributed by atoms with van der Waals surface area (Å²) in [4.78, 5) is 13.3. The first-order valence-electron chi connectivity index (χ1n) is 7.25. The Kier molecular flexibility index (Phi) is 5.01. The molecular formula is C16H23NO3. The number of likely N-dealkylation sites (tertiary alicyclic amines) is 1. The van der Waals surface area contributed by atoms with Crippen molar-refractivity contribution in [2.24, 2.45) is 5.92 Å². The van der Waals surface area contributed by atoms with Crippen molar-refractivity contribution in [2.75, 3.05) is 26.2 Å². The van der Waals surface area contributed by atoms with E-state index in [0.717, 1.165) is 36.9 Å². The minimum Gasteiger partial charge on any atom is -0.492 e. The van der Waals surface area contributed by atoms with Gasteiger partial charge in [-0.3, -0.25) is 4.90 Å². The second-order valence-corrected chi connectivity index (χ2v) is 5.68. The Labute approximate surface area is 120 Å². The summed E-state index contributed by atoms with van der Waals surface area (Å²) in [5.41, 5.74) is 1.18. The van der Waals surface area contributed by atoms with Crippen molar-refractivity contribution < 1.29 is 14.6 Å².